The summed E-state index contributed by atoms with van der Waals surface area (Å²) in [6.45, 7) is 3.92. The molecular weight excluding hydrogens is 260 g/mol. The minimum absolute atomic E-state index is 0.146. The van der Waals surface area contributed by atoms with Crippen LogP contribution in [0.15, 0.2) is 0 Å². The Hall–Kier alpha value is -1.30. The van der Waals surface area contributed by atoms with Gasteiger partial charge in [-0.3, -0.25) is 9.69 Å². The summed E-state index contributed by atoms with van der Waals surface area (Å²) in [6, 6.07) is -0.273. The average molecular weight is 286 g/mol. The molecule has 1 saturated heterocycles. The highest BCUT2D eigenvalue weighted by molar-refractivity contribution is 5.69. The molecule has 0 aromatic rings. The number of carboxylic acid groups (broad SMARTS) is 1. The highest BCUT2D eigenvalue weighted by atomic mass is 16.5. The first-order valence-electron chi connectivity index (χ1n) is 7.51. The molecule has 1 amide bonds. The van der Waals surface area contributed by atoms with Gasteiger partial charge in [-0.25, -0.2) is 4.79 Å². The summed E-state index contributed by atoms with van der Waals surface area (Å²) >= 11 is 0. The molecule has 0 aromatic carbocycles. The predicted molar refractivity (Wildman–Crippen MR) is 75.7 cm³/mol. The Labute approximate surface area is 120 Å². The highest BCUT2D eigenvalue weighted by Crippen LogP contribution is 2.08. The molecule has 0 aromatic heterocycles. The largest absolute Gasteiger partial charge is 0.465 e. The molecule has 1 aliphatic rings. The summed E-state index contributed by atoms with van der Waals surface area (Å²) in [5.41, 5.74) is 0. The van der Waals surface area contributed by atoms with Crippen LogP contribution in [-0.4, -0.2) is 54.4 Å². The zero-order valence-corrected chi connectivity index (χ0v) is 12.3. The third-order valence-electron chi connectivity index (χ3n) is 3.52. The topological polar surface area (TPSA) is 78.9 Å². The Morgan fingerprint density at radius 2 is 2.05 bits per heavy atom. The van der Waals surface area contributed by atoms with Crippen LogP contribution in [-0.2, 0) is 9.53 Å². The summed E-state index contributed by atoms with van der Waals surface area (Å²) in [5.74, 6) is -0.225. The second-order valence-corrected chi connectivity index (χ2v) is 5.18. The molecule has 6 nitrogen and oxygen atoms in total. The van der Waals surface area contributed by atoms with Gasteiger partial charge in [-0.05, 0) is 6.42 Å². The number of nitrogens with one attached hydrogen (secondary N) is 1. The molecule has 1 atom stereocenters. The number of piperazine rings is 1. The van der Waals surface area contributed by atoms with Crippen molar-refractivity contribution in [2.24, 2.45) is 0 Å². The van der Waals surface area contributed by atoms with Crippen LogP contribution >= 0.6 is 0 Å². The molecule has 0 radical (unpaired) electrons. The van der Waals surface area contributed by atoms with E-state index in [1.807, 2.05) is 0 Å². The van der Waals surface area contributed by atoms with Gasteiger partial charge in [-0.2, -0.15) is 0 Å². The van der Waals surface area contributed by atoms with Crippen molar-refractivity contribution in [2.45, 2.75) is 51.5 Å². The first-order chi connectivity index (χ1) is 9.65. The van der Waals surface area contributed by atoms with Crippen molar-refractivity contribution >= 4 is 12.1 Å². The van der Waals surface area contributed by atoms with Crippen molar-refractivity contribution in [3.63, 3.8) is 0 Å². The van der Waals surface area contributed by atoms with Crippen LogP contribution in [0, 0.1) is 0 Å². The number of esters is 1. The van der Waals surface area contributed by atoms with E-state index in [4.69, 9.17) is 9.84 Å². The Morgan fingerprint density at radius 1 is 1.30 bits per heavy atom. The first kappa shape index (κ1) is 16.8. The Morgan fingerprint density at radius 3 is 2.75 bits per heavy atom. The molecule has 116 valence electrons. The summed E-state index contributed by atoms with van der Waals surface area (Å²) in [6.07, 6.45) is 4.92. The molecular formula is C14H26N2O4. The minimum Gasteiger partial charge on any atom is -0.465 e. The summed E-state index contributed by atoms with van der Waals surface area (Å²) in [7, 11) is 0. The van der Waals surface area contributed by atoms with Crippen molar-refractivity contribution in [1.29, 1.82) is 0 Å². The molecule has 0 bridgehead atoms. The number of nitrogens with zero attached hydrogens (tertiary/aromatic N) is 1. The normalized spacial score (nSPS) is 18.9. The second kappa shape index (κ2) is 9.58. The van der Waals surface area contributed by atoms with Gasteiger partial charge >= 0.3 is 12.1 Å². The number of carbonyl (C=O) groups excluding carboxylic acids is 1. The van der Waals surface area contributed by atoms with Crippen molar-refractivity contribution in [1.82, 2.24) is 10.2 Å². The lowest BCUT2D eigenvalue weighted by Gasteiger charge is -2.33. The van der Waals surface area contributed by atoms with Crippen LogP contribution in [0.25, 0.3) is 0 Å². The van der Waals surface area contributed by atoms with Gasteiger partial charge in [0.25, 0.3) is 0 Å². The van der Waals surface area contributed by atoms with Crippen molar-refractivity contribution in [2.75, 3.05) is 26.2 Å². The lowest BCUT2D eigenvalue weighted by atomic mass is 10.1. The molecule has 1 fully saturated rings. The van der Waals surface area contributed by atoms with E-state index in [0.717, 1.165) is 19.3 Å². The standard InChI is InChI=1S/C14H26N2O4/c1-2-3-4-5-6-7-13(17)20-11-12-10-15-8-9-16(12)14(18)19/h12,15H,2-11H2,1H3,(H,18,19). The van der Waals surface area contributed by atoms with Gasteiger partial charge < -0.3 is 15.2 Å². The summed E-state index contributed by atoms with van der Waals surface area (Å²) in [5, 5.41) is 12.2. The molecule has 2 N–H and O–H groups in total. The Kier molecular flexibility index (Phi) is 8.02. The third-order valence-corrected chi connectivity index (χ3v) is 3.52. The van der Waals surface area contributed by atoms with Crippen LogP contribution in [0.1, 0.15) is 45.4 Å². The smallest absolute Gasteiger partial charge is 0.407 e. The number of amides is 1. The average Bonchev–Trinajstić information content (AvgIpc) is 2.45. The third kappa shape index (κ3) is 6.23. The zero-order valence-electron chi connectivity index (χ0n) is 12.3. The van der Waals surface area contributed by atoms with Crippen LogP contribution < -0.4 is 5.32 Å². The van der Waals surface area contributed by atoms with Gasteiger partial charge in [0.05, 0.1) is 6.04 Å². The molecule has 1 unspecified atom stereocenters. The van der Waals surface area contributed by atoms with E-state index in [-0.39, 0.29) is 18.6 Å². The Balaban J connectivity index is 2.17. The van der Waals surface area contributed by atoms with Gasteiger partial charge in [-0.15, -0.1) is 0 Å². The quantitative estimate of drug-likeness (QED) is 0.526. The fourth-order valence-corrected chi connectivity index (χ4v) is 2.30. The fourth-order valence-electron chi connectivity index (χ4n) is 2.30. The molecule has 0 spiro atoms. The van der Waals surface area contributed by atoms with Crippen LogP contribution in [0.2, 0.25) is 0 Å². The van der Waals surface area contributed by atoms with Crippen LogP contribution in [0.3, 0.4) is 0 Å². The molecule has 0 saturated carbocycles. The lowest BCUT2D eigenvalue weighted by molar-refractivity contribution is -0.145. The monoisotopic (exact) mass is 286 g/mol. The molecule has 1 heterocycles. The number of unbranched alkanes of at least 4 members (excludes halogenated alkanes) is 4. The zero-order chi connectivity index (χ0) is 14.8. The van der Waals surface area contributed by atoms with Crippen LogP contribution in [0.5, 0.6) is 0 Å². The maximum absolute atomic E-state index is 11.6. The number of hydrogen-bond donors (Lipinski definition) is 2. The van der Waals surface area contributed by atoms with Crippen molar-refractivity contribution in [3.8, 4) is 0 Å². The Bertz CT molecular complexity index is 310. The van der Waals surface area contributed by atoms with E-state index in [9.17, 15) is 9.59 Å². The first-order valence-corrected chi connectivity index (χ1v) is 7.51. The van der Waals surface area contributed by atoms with Crippen molar-refractivity contribution in [3.05, 3.63) is 0 Å². The maximum Gasteiger partial charge on any atom is 0.407 e. The lowest BCUT2D eigenvalue weighted by Crippen LogP contribution is -2.55. The second-order valence-electron chi connectivity index (χ2n) is 5.18. The van der Waals surface area contributed by atoms with E-state index in [2.05, 4.69) is 12.2 Å². The molecule has 20 heavy (non-hydrogen) atoms. The molecule has 0 aliphatic carbocycles. The van der Waals surface area contributed by atoms with E-state index in [0.29, 0.717) is 26.1 Å². The van der Waals surface area contributed by atoms with E-state index < -0.39 is 6.09 Å². The molecule has 1 rings (SSSR count). The number of hydrogen-bond acceptors (Lipinski definition) is 4. The van der Waals surface area contributed by atoms with Crippen molar-refractivity contribution < 1.29 is 19.4 Å². The van der Waals surface area contributed by atoms with E-state index >= 15 is 0 Å². The summed E-state index contributed by atoms with van der Waals surface area (Å²) in [4.78, 5) is 24.0. The van der Waals surface area contributed by atoms with Crippen LogP contribution in [0.4, 0.5) is 4.79 Å². The number of carbonyl (C=O) groups is 2. The van der Waals surface area contributed by atoms with E-state index in [1.54, 1.807) is 0 Å². The number of rotatable bonds is 8. The minimum atomic E-state index is -0.952. The predicted octanol–water partition coefficient (Wildman–Crippen LogP) is 1.84. The maximum atomic E-state index is 11.6. The van der Waals surface area contributed by atoms with Gasteiger partial charge in [0, 0.05) is 26.1 Å². The SMILES string of the molecule is CCCCCCCC(=O)OCC1CNCCN1C(=O)O. The van der Waals surface area contributed by atoms with E-state index in [1.165, 1.54) is 17.7 Å². The fraction of sp³-hybridized carbons (Fsp3) is 0.857. The molecule has 6 heteroatoms. The van der Waals surface area contributed by atoms with Gasteiger partial charge in [0.2, 0.25) is 0 Å². The number of ether oxygens (including phenoxy) is 1. The van der Waals surface area contributed by atoms with Gasteiger partial charge in [0.1, 0.15) is 6.61 Å². The van der Waals surface area contributed by atoms with Gasteiger partial charge in [0.15, 0.2) is 0 Å². The van der Waals surface area contributed by atoms with Gasteiger partial charge in [-0.1, -0.05) is 32.6 Å². The molecule has 1 aliphatic heterocycles. The summed E-state index contributed by atoms with van der Waals surface area (Å²) < 4.78 is 5.18. The highest BCUT2D eigenvalue weighted by Gasteiger charge is 2.27.